The third-order valence-corrected chi connectivity index (χ3v) is 3.73. The Kier molecular flexibility index (Phi) is 3.44. The summed E-state index contributed by atoms with van der Waals surface area (Å²) in [5.41, 5.74) is 0.933. The first kappa shape index (κ1) is 12.5. The summed E-state index contributed by atoms with van der Waals surface area (Å²) in [5.74, 6) is 1.89. The Balaban J connectivity index is 1.98. The SMILES string of the molecule is CCCOc1cnn(-c2nc3sccn3c2CCl)c1. The molecule has 0 amide bonds. The molecule has 3 heterocycles. The summed E-state index contributed by atoms with van der Waals surface area (Å²) in [4.78, 5) is 5.46. The van der Waals surface area contributed by atoms with Crippen molar-refractivity contribution < 1.29 is 4.74 Å². The largest absolute Gasteiger partial charge is 0.490 e. The van der Waals surface area contributed by atoms with Crippen LogP contribution < -0.4 is 4.74 Å². The average Bonchev–Trinajstić information content (AvgIpc) is 3.10. The molecular weight excluding hydrogens is 284 g/mol. The van der Waals surface area contributed by atoms with E-state index in [-0.39, 0.29) is 0 Å². The average molecular weight is 297 g/mol. The highest BCUT2D eigenvalue weighted by molar-refractivity contribution is 7.15. The van der Waals surface area contributed by atoms with E-state index < -0.39 is 0 Å². The molecule has 0 atom stereocenters. The summed E-state index contributed by atoms with van der Waals surface area (Å²) < 4.78 is 9.24. The molecule has 0 N–H and O–H groups in total. The topological polar surface area (TPSA) is 44.3 Å². The first-order chi connectivity index (χ1) is 9.33. The fourth-order valence-corrected chi connectivity index (χ4v) is 2.82. The molecule has 19 heavy (non-hydrogen) atoms. The van der Waals surface area contributed by atoms with Gasteiger partial charge in [0.15, 0.2) is 16.5 Å². The van der Waals surface area contributed by atoms with Crippen molar-refractivity contribution in [1.29, 1.82) is 0 Å². The Hall–Kier alpha value is -1.53. The van der Waals surface area contributed by atoms with Crippen LogP contribution in [-0.2, 0) is 5.88 Å². The predicted octanol–water partition coefficient (Wildman–Crippen LogP) is 3.11. The number of aromatic nitrogens is 4. The maximum atomic E-state index is 6.02. The van der Waals surface area contributed by atoms with Crippen molar-refractivity contribution in [3.63, 3.8) is 0 Å². The molecule has 0 fully saturated rings. The Morgan fingerprint density at radius 3 is 3.16 bits per heavy atom. The molecule has 7 heteroatoms. The number of alkyl halides is 1. The van der Waals surface area contributed by atoms with E-state index in [1.807, 2.05) is 22.2 Å². The molecule has 0 aromatic carbocycles. The van der Waals surface area contributed by atoms with Gasteiger partial charge < -0.3 is 4.74 Å². The predicted molar refractivity (Wildman–Crippen MR) is 75.5 cm³/mol. The second-order valence-electron chi connectivity index (χ2n) is 4.04. The lowest BCUT2D eigenvalue weighted by atomic mass is 10.5. The molecule has 0 aliphatic rings. The van der Waals surface area contributed by atoms with Crippen LogP contribution >= 0.6 is 22.9 Å². The molecule has 0 aliphatic heterocycles. The Morgan fingerprint density at radius 1 is 1.47 bits per heavy atom. The minimum absolute atomic E-state index is 0.387. The second kappa shape index (κ2) is 5.22. The van der Waals surface area contributed by atoms with Crippen LogP contribution in [0.2, 0.25) is 0 Å². The smallest absolute Gasteiger partial charge is 0.195 e. The normalized spacial score (nSPS) is 11.3. The monoisotopic (exact) mass is 296 g/mol. The molecule has 0 unspecified atom stereocenters. The number of halogens is 1. The van der Waals surface area contributed by atoms with Gasteiger partial charge in [-0.3, -0.25) is 4.40 Å². The van der Waals surface area contributed by atoms with Gasteiger partial charge in [0.2, 0.25) is 0 Å². The van der Waals surface area contributed by atoms with Crippen LogP contribution in [0.3, 0.4) is 0 Å². The van der Waals surface area contributed by atoms with E-state index >= 15 is 0 Å². The number of rotatable bonds is 5. The first-order valence-corrected chi connectivity index (χ1v) is 7.43. The maximum absolute atomic E-state index is 6.02. The van der Waals surface area contributed by atoms with Gasteiger partial charge in [-0.2, -0.15) is 10.1 Å². The van der Waals surface area contributed by atoms with Crippen molar-refractivity contribution in [2.75, 3.05) is 6.61 Å². The van der Waals surface area contributed by atoms with Crippen LogP contribution in [0.25, 0.3) is 10.8 Å². The van der Waals surface area contributed by atoms with Crippen LogP contribution in [0, 0.1) is 0 Å². The lowest BCUT2D eigenvalue weighted by Gasteiger charge is -2.00. The van der Waals surface area contributed by atoms with Gasteiger partial charge in [0.05, 0.1) is 30.6 Å². The lowest BCUT2D eigenvalue weighted by molar-refractivity contribution is 0.317. The molecule has 0 bridgehead atoms. The van der Waals surface area contributed by atoms with Crippen molar-refractivity contribution in [3.05, 3.63) is 29.7 Å². The fraction of sp³-hybridized carbons (Fsp3) is 0.333. The summed E-state index contributed by atoms with van der Waals surface area (Å²) in [6.45, 7) is 2.76. The van der Waals surface area contributed by atoms with Crippen LogP contribution in [0.1, 0.15) is 19.0 Å². The molecule has 0 radical (unpaired) electrons. The molecule has 3 rings (SSSR count). The molecule has 3 aromatic rings. The standard InChI is InChI=1S/C12H13ClN4OS/c1-2-4-18-9-7-14-17(8-9)11-10(6-13)16-3-5-19-12(16)15-11/h3,5,7-8H,2,4,6H2,1H3. The van der Waals surface area contributed by atoms with Gasteiger partial charge >= 0.3 is 0 Å². The van der Waals surface area contributed by atoms with Gasteiger partial charge in [-0.1, -0.05) is 6.92 Å². The summed E-state index contributed by atoms with van der Waals surface area (Å²) in [5, 5.41) is 6.27. The summed E-state index contributed by atoms with van der Waals surface area (Å²) in [6, 6.07) is 0. The van der Waals surface area contributed by atoms with Crippen molar-refractivity contribution in [2.24, 2.45) is 0 Å². The van der Waals surface area contributed by atoms with Gasteiger partial charge in [0.1, 0.15) is 0 Å². The van der Waals surface area contributed by atoms with Crippen LogP contribution in [0.4, 0.5) is 0 Å². The van der Waals surface area contributed by atoms with Gasteiger partial charge in [0.25, 0.3) is 0 Å². The number of ether oxygens (including phenoxy) is 1. The zero-order valence-electron chi connectivity index (χ0n) is 10.4. The van der Waals surface area contributed by atoms with Crippen molar-refractivity contribution in [3.8, 4) is 11.6 Å². The second-order valence-corrected chi connectivity index (χ2v) is 5.18. The highest BCUT2D eigenvalue weighted by Crippen LogP contribution is 2.23. The van der Waals surface area contributed by atoms with E-state index in [1.54, 1.807) is 22.2 Å². The quantitative estimate of drug-likeness (QED) is 0.680. The van der Waals surface area contributed by atoms with E-state index in [1.165, 1.54) is 0 Å². The third kappa shape index (κ3) is 2.21. The summed E-state index contributed by atoms with van der Waals surface area (Å²) in [6.07, 6.45) is 6.46. The van der Waals surface area contributed by atoms with Gasteiger partial charge in [-0.25, -0.2) is 4.68 Å². The van der Waals surface area contributed by atoms with Crippen LogP contribution in [-0.4, -0.2) is 25.8 Å². The Bertz CT molecular complexity index is 687. The van der Waals surface area contributed by atoms with E-state index in [2.05, 4.69) is 17.0 Å². The zero-order valence-corrected chi connectivity index (χ0v) is 12.0. The molecule has 100 valence electrons. The van der Waals surface area contributed by atoms with E-state index in [0.29, 0.717) is 12.5 Å². The van der Waals surface area contributed by atoms with Gasteiger partial charge in [-0.15, -0.1) is 22.9 Å². The number of nitrogens with zero attached hydrogens (tertiary/aromatic N) is 4. The highest BCUT2D eigenvalue weighted by atomic mass is 35.5. The number of hydrogen-bond acceptors (Lipinski definition) is 4. The third-order valence-electron chi connectivity index (χ3n) is 2.72. The minimum atomic E-state index is 0.387. The van der Waals surface area contributed by atoms with Crippen LogP contribution in [0.5, 0.6) is 5.75 Å². The van der Waals surface area contributed by atoms with Crippen molar-refractivity contribution in [1.82, 2.24) is 19.2 Å². The molecule has 0 aliphatic carbocycles. The van der Waals surface area contributed by atoms with Gasteiger partial charge in [0, 0.05) is 11.6 Å². The van der Waals surface area contributed by atoms with Gasteiger partial charge in [-0.05, 0) is 6.42 Å². The van der Waals surface area contributed by atoms with Crippen molar-refractivity contribution >= 4 is 27.9 Å². The molecule has 0 spiro atoms. The molecule has 3 aromatic heterocycles. The summed E-state index contributed by atoms with van der Waals surface area (Å²) in [7, 11) is 0. The number of thiazole rings is 1. The fourth-order valence-electron chi connectivity index (χ4n) is 1.85. The maximum Gasteiger partial charge on any atom is 0.195 e. The lowest BCUT2D eigenvalue weighted by Crippen LogP contribution is -1.99. The van der Waals surface area contributed by atoms with E-state index in [9.17, 15) is 0 Å². The first-order valence-electron chi connectivity index (χ1n) is 6.01. The van der Waals surface area contributed by atoms with E-state index in [4.69, 9.17) is 16.3 Å². The molecule has 0 saturated heterocycles. The van der Waals surface area contributed by atoms with E-state index in [0.717, 1.165) is 28.6 Å². The zero-order chi connectivity index (χ0) is 13.2. The Morgan fingerprint density at radius 2 is 2.37 bits per heavy atom. The highest BCUT2D eigenvalue weighted by Gasteiger charge is 2.15. The molecule has 5 nitrogen and oxygen atoms in total. The number of imidazole rings is 1. The molecule has 0 saturated carbocycles. The Labute approximate surface area is 119 Å². The van der Waals surface area contributed by atoms with Crippen LogP contribution in [0.15, 0.2) is 24.0 Å². The minimum Gasteiger partial charge on any atom is -0.490 e. The number of hydrogen-bond donors (Lipinski definition) is 0. The summed E-state index contributed by atoms with van der Waals surface area (Å²) >= 11 is 7.59. The number of fused-ring (bicyclic) bond motifs is 1. The molecular formula is C12H13ClN4OS. The van der Waals surface area contributed by atoms with Crippen molar-refractivity contribution in [2.45, 2.75) is 19.2 Å².